The third-order valence-corrected chi connectivity index (χ3v) is 5.27. The van der Waals surface area contributed by atoms with Gasteiger partial charge in [0.2, 0.25) is 0 Å². The van der Waals surface area contributed by atoms with E-state index in [-0.39, 0.29) is 23.9 Å². The molecule has 5 rings (SSSR count). The molecule has 0 unspecified atom stereocenters. The number of fused-ring (bicyclic) bond motifs is 2. The van der Waals surface area contributed by atoms with Crippen LogP contribution in [0.2, 0.25) is 0 Å². The van der Waals surface area contributed by atoms with E-state index in [4.69, 9.17) is 4.74 Å². The maximum Gasteiger partial charge on any atom is 0.317 e. The van der Waals surface area contributed by atoms with Crippen molar-refractivity contribution in [3.05, 3.63) is 71.3 Å². The summed E-state index contributed by atoms with van der Waals surface area (Å²) in [6.07, 6.45) is -0.124. The quantitative estimate of drug-likeness (QED) is 0.738. The van der Waals surface area contributed by atoms with Crippen LogP contribution in [0.15, 0.2) is 54.6 Å². The molecule has 1 fully saturated rings. The summed E-state index contributed by atoms with van der Waals surface area (Å²) in [5, 5.41) is 0. The fourth-order valence-corrected chi connectivity index (χ4v) is 4.31. The third kappa shape index (κ3) is 1.50. The Kier molecular flexibility index (Phi) is 2.53. The molecule has 2 nitrogen and oxygen atoms in total. The zero-order chi connectivity index (χ0) is 14.6. The van der Waals surface area contributed by atoms with Gasteiger partial charge in [-0.1, -0.05) is 61.5 Å². The number of benzene rings is 2. The van der Waals surface area contributed by atoms with Crippen molar-refractivity contribution in [1.29, 1.82) is 0 Å². The highest BCUT2D eigenvalue weighted by Gasteiger charge is 2.59. The summed E-state index contributed by atoms with van der Waals surface area (Å²) in [6, 6.07) is 18.6. The Balaban J connectivity index is 1.98. The fraction of sp³-hybridized carbons (Fsp3) is 0.316. The molecule has 2 aromatic rings. The van der Waals surface area contributed by atoms with Crippen LogP contribution in [-0.2, 0) is 14.9 Å². The summed E-state index contributed by atoms with van der Waals surface area (Å²) in [5.41, 5.74) is 2.95. The number of carbonyl (C=O) groups is 1. The molecule has 0 saturated carbocycles. The van der Waals surface area contributed by atoms with E-state index < -0.39 is 5.41 Å². The molecule has 4 atom stereocenters. The molecule has 2 heterocycles. The fourth-order valence-electron chi connectivity index (χ4n) is 4.31. The van der Waals surface area contributed by atoms with Crippen molar-refractivity contribution in [2.24, 2.45) is 5.92 Å². The zero-order valence-electron chi connectivity index (χ0n) is 12.2. The SMILES string of the molecule is C[C@@H]1[C@@H](c2ccccc2)[C@]2(C)C(=O)O[C@H]1c1ccccc12. The number of hydrogen-bond acceptors (Lipinski definition) is 2. The molecule has 2 bridgehead atoms. The molecule has 0 amide bonds. The predicted octanol–water partition coefficient (Wildman–Crippen LogP) is 3.98. The lowest BCUT2D eigenvalue weighted by molar-refractivity contribution is -0.175. The highest BCUT2D eigenvalue weighted by Crippen LogP contribution is 2.59. The Labute approximate surface area is 124 Å². The first-order valence-corrected chi connectivity index (χ1v) is 7.49. The van der Waals surface area contributed by atoms with Crippen LogP contribution in [0.4, 0.5) is 0 Å². The van der Waals surface area contributed by atoms with Gasteiger partial charge in [-0.15, -0.1) is 0 Å². The van der Waals surface area contributed by atoms with Gasteiger partial charge in [0.15, 0.2) is 0 Å². The van der Waals surface area contributed by atoms with Crippen LogP contribution in [-0.4, -0.2) is 5.97 Å². The lowest BCUT2D eigenvalue weighted by Crippen LogP contribution is -2.54. The van der Waals surface area contributed by atoms with Crippen molar-refractivity contribution in [2.45, 2.75) is 31.3 Å². The van der Waals surface area contributed by atoms with Gasteiger partial charge in [-0.2, -0.15) is 0 Å². The third-order valence-electron chi connectivity index (χ3n) is 5.27. The zero-order valence-corrected chi connectivity index (χ0v) is 12.2. The molecule has 1 saturated heterocycles. The van der Waals surface area contributed by atoms with Crippen LogP contribution in [0.3, 0.4) is 0 Å². The van der Waals surface area contributed by atoms with E-state index in [2.05, 4.69) is 31.2 Å². The summed E-state index contributed by atoms with van der Waals surface area (Å²) >= 11 is 0. The number of hydrogen-bond donors (Lipinski definition) is 0. The Morgan fingerprint density at radius 3 is 2.43 bits per heavy atom. The summed E-state index contributed by atoms with van der Waals surface area (Å²) in [6.45, 7) is 4.24. The first-order valence-electron chi connectivity index (χ1n) is 7.49. The minimum absolute atomic E-state index is 0.0850. The molecule has 2 heteroatoms. The maximum atomic E-state index is 12.6. The maximum absolute atomic E-state index is 12.6. The Bertz CT molecular complexity index is 707. The lowest BCUT2D eigenvalue weighted by atomic mass is 9.55. The second-order valence-electron chi connectivity index (χ2n) is 6.36. The Morgan fingerprint density at radius 2 is 1.67 bits per heavy atom. The van der Waals surface area contributed by atoms with E-state index in [0.29, 0.717) is 0 Å². The summed E-state index contributed by atoms with van der Waals surface area (Å²) in [4.78, 5) is 12.6. The van der Waals surface area contributed by atoms with Gasteiger partial charge < -0.3 is 4.74 Å². The second-order valence-corrected chi connectivity index (χ2v) is 6.36. The van der Waals surface area contributed by atoms with Crippen molar-refractivity contribution in [3.8, 4) is 0 Å². The van der Waals surface area contributed by atoms with Crippen molar-refractivity contribution in [2.75, 3.05) is 0 Å². The monoisotopic (exact) mass is 278 g/mol. The molecule has 0 spiro atoms. The van der Waals surface area contributed by atoms with Gasteiger partial charge in [-0.3, -0.25) is 4.79 Å². The number of ether oxygens (including phenoxy) is 1. The standard InChI is InChI=1S/C19H18O2/c1-12-16(13-8-4-3-5-9-13)19(2)15-11-7-6-10-14(15)17(12)21-18(19)20/h3-12,16-17H,1-2H3/t12-,16+,17-,19-/m1/s1. The van der Waals surface area contributed by atoms with Gasteiger partial charge in [-0.05, 0) is 23.6 Å². The van der Waals surface area contributed by atoms with Crippen molar-refractivity contribution >= 4 is 5.97 Å². The van der Waals surface area contributed by atoms with E-state index in [1.165, 1.54) is 11.1 Å². The van der Waals surface area contributed by atoms with Gasteiger partial charge in [0.05, 0.1) is 5.41 Å². The summed E-state index contributed by atoms with van der Waals surface area (Å²) in [5.74, 6) is 0.364. The Hall–Kier alpha value is -2.09. The summed E-state index contributed by atoms with van der Waals surface area (Å²) < 4.78 is 5.74. The molecule has 2 aliphatic heterocycles. The van der Waals surface area contributed by atoms with Crippen molar-refractivity contribution in [3.63, 3.8) is 0 Å². The first kappa shape index (κ1) is 12.6. The molecule has 3 aliphatic rings. The van der Waals surface area contributed by atoms with Gasteiger partial charge in [0.25, 0.3) is 0 Å². The van der Waals surface area contributed by atoms with Crippen LogP contribution < -0.4 is 0 Å². The molecule has 21 heavy (non-hydrogen) atoms. The van der Waals surface area contributed by atoms with E-state index >= 15 is 0 Å². The predicted molar refractivity (Wildman–Crippen MR) is 81.0 cm³/mol. The smallest absolute Gasteiger partial charge is 0.317 e. The normalized spacial score (nSPS) is 33.4. The van der Waals surface area contributed by atoms with E-state index in [9.17, 15) is 4.79 Å². The minimum atomic E-state index is -0.591. The molecule has 0 radical (unpaired) electrons. The van der Waals surface area contributed by atoms with E-state index in [1.54, 1.807) is 0 Å². The molecular weight excluding hydrogens is 260 g/mol. The topological polar surface area (TPSA) is 26.3 Å². The number of carbonyl (C=O) groups excluding carboxylic acids is 1. The molecule has 106 valence electrons. The average Bonchev–Trinajstić information content (AvgIpc) is 2.51. The van der Waals surface area contributed by atoms with Crippen LogP contribution in [0, 0.1) is 5.92 Å². The van der Waals surface area contributed by atoms with Gasteiger partial charge in [0.1, 0.15) is 6.10 Å². The van der Waals surface area contributed by atoms with Gasteiger partial charge in [0, 0.05) is 11.8 Å². The van der Waals surface area contributed by atoms with Gasteiger partial charge in [-0.25, -0.2) is 0 Å². The molecular formula is C19H18O2. The minimum Gasteiger partial charge on any atom is -0.456 e. The van der Waals surface area contributed by atoms with Crippen molar-refractivity contribution in [1.82, 2.24) is 0 Å². The van der Waals surface area contributed by atoms with Gasteiger partial charge >= 0.3 is 5.97 Å². The van der Waals surface area contributed by atoms with E-state index in [0.717, 1.165) is 5.56 Å². The lowest BCUT2D eigenvalue weighted by Gasteiger charge is -2.53. The molecule has 0 N–H and O–H groups in total. The highest BCUT2D eigenvalue weighted by atomic mass is 16.5. The number of rotatable bonds is 1. The molecule has 2 aromatic carbocycles. The number of esters is 1. The Morgan fingerprint density at radius 1 is 1.00 bits per heavy atom. The first-order chi connectivity index (χ1) is 10.1. The van der Waals surface area contributed by atoms with Crippen molar-refractivity contribution < 1.29 is 9.53 Å². The molecule has 0 aromatic heterocycles. The van der Waals surface area contributed by atoms with E-state index in [1.807, 2.05) is 37.3 Å². The largest absolute Gasteiger partial charge is 0.456 e. The molecule has 1 aliphatic carbocycles. The summed E-state index contributed by atoms with van der Waals surface area (Å²) in [7, 11) is 0. The van der Waals surface area contributed by atoms with Crippen LogP contribution >= 0.6 is 0 Å². The second kappa shape index (κ2) is 4.20. The highest BCUT2D eigenvalue weighted by molar-refractivity contribution is 5.88. The van der Waals surface area contributed by atoms with Crippen LogP contribution in [0.1, 0.15) is 42.6 Å². The van der Waals surface area contributed by atoms with Crippen LogP contribution in [0.25, 0.3) is 0 Å². The average molecular weight is 278 g/mol. The van der Waals surface area contributed by atoms with Crippen LogP contribution in [0.5, 0.6) is 0 Å².